The number of benzene rings is 1. The van der Waals surface area contributed by atoms with Crippen molar-refractivity contribution < 1.29 is 9.90 Å². The second-order valence-corrected chi connectivity index (χ2v) is 4.71. The van der Waals surface area contributed by atoms with E-state index in [1.54, 1.807) is 20.8 Å². The first-order valence-electron chi connectivity index (χ1n) is 4.91. The second-order valence-electron chi connectivity index (χ2n) is 4.71. The first kappa shape index (κ1) is 12.2. The SMILES string of the molecule is CC(C)(C)C(=O)Nc1c(N)cc(N)cc1O. The first-order chi connectivity index (χ1) is 7.21. The van der Waals surface area contributed by atoms with Crippen LogP contribution in [0.15, 0.2) is 12.1 Å². The van der Waals surface area contributed by atoms with Gasteiger partial charge in [-0.25, -0.2) is 0 Å². The number of hydrogen-bond donors (Lipinski definition) is 4. The van der Waals surface area contributed by atoms with Crippen LogP contribution in [-0.4, -0.2) is 11.0 Å². The molecule has 0 unspecified atom stereocenters. The molecule has 5 heteroatoms. The molecule has 0 aromatic heterocycles. The molecule has 0 atom stereocenters. The van der Waals surface area contributed by atoms with Gasteiger partial charge in [0.2, 0.25) is 5.91 Å². The fraction of sp³-hybridized carbons (Fsp3) is 0.364. The van der Waals surface area contributed by atoms with E-state index in [4.69, 9.17) is 11.5 Å². The number of anilines is 3. The molecule has 1 amide bonds. The maximum absolute atomic E-state index is 11.7. The zero-order valence-corrected chi connectivity index (χ0v) is 9.66. The van der Waals surface area contributed by atoms with Crippen LogP contribution in [0.2, 0.25) is 0 Å². The predicted molar refractivity (Wildman–Crippen MR) is 65.0 cm³/mol. The van der Waals surface area contributed by atoms with Crippen molar-refractivity contribution in [3.05, 3.63) is 12.1 Å². The van der Waals surface area contributed by atoms with Crippen LogP contribution in [0.4, 0.5) is 17.1 Å². The van der Waals surface area contributed by atoms with Gasteiger partial charge in [-0.3, -0.25) is 4.79 Å². The topological polar surface area (TPSA) is 101 Å². The molecule has 0 aliphatic rings. The number of phenols is 1. The van der Waals surface area contributed by atoms with Crippen molar-refractivity contribution in [1.29, 1.82) is 0 Å². The van der Waals surface area contributed by atoms with Gasteiger partial charge in [-0.2, -0.15) is 0 Å². The van der Waals surface area contributed by atoms with Crippen LogP contribution in [0.1, 0.15) is 20.8 Å². The Morgan fingerprint density at radius 2 is 1.88 bits per heavy atom. The van der Waals surface area contributed by atoms with Crippen LogP contribution in [0.3, 0.4) is 0 Å². The Bertz CT molecular complexity index is 399. The summed E-state index contributed by atoms with van der Waals surface area (Å²) in [6.07, 6.45) is 0. The fourth-order valence-electron chi connectivity index (χ4n) is 1.11. The van der Waals surface area contributed by atoms with E-state index >= 15 is 0 Å². The van der Waals surface area contributed by atoms with Crippen LogP contribution < -0.4 is 16.8 Å². The highest BCUT2D eigenvalue weighted by Gasteiger charge is 2.23. The van der Waals surface area contributed by atoms with E-state index in [9.17, 15) is 9.90 Å². The maximum Gasteiger partial charge on any atom is 0.229 e. The monoisotopic (exact) mass is 223 g/mol. The van der Waals surface area contributed by atoms with Gasteiger partial charge in [-0.1, -0.05) is 20.8 Å². The van der Waals surface area contributed by atoms with Crippen LogP contribution in [0, 0.1) is 5.41 Å². The highest BCUT2D eigenvalue weighted by atomic mass is 16.3. The number of hydrogen-bond acceptors (Lipinski definition) is 4. The molecule has 88 valence electrons. The molecule has 1 rings (SSSR count). The Hall–Kier alpha value is -1.91. The third-order valence-corrected chi connectivity index (χ3v) is 2.09. The largest absolute Gasteiger partial charge is 0.506 e. The Balaban J connectivity index is 3.03. The zero-order valence-electron chi connectivity index (χ0n) is 9.66. The Labute approximate surface area is 94.4 Å². The minimum absolute atomic E-state index is 0.130. The molecule has 0 aliphatic heterocycles. The number of rotatable bonds is 1. The highest BCUT2D eigenvalue weighted by molar-refractivity contribution is 5.99. The molecular weight excluding hydrogens is 206 g/mol. The van der Waals surface area contributed by atoms with Crippen molar-refractivity contribution in [1.82, 2.24) is 0 Å². The third-order valence-electron chi connectivity index (χ3n) is 2.09. The second kappa shape index (κ2) is 3.92. The van der Waals surface area contributed by atoms with Gasteiger partial charge >= 0.3 is 0 Å². The van der Waals surface area contributed by atoms with Gasteiger partial charge in [0.25, 0.3) is 0 Å². The molecule has 0 radical (unpaired) electrons. The van der Waals surface area contributed by atoms with Gasteiger partial charge in [0.1, 0.15) is 11.4 Å². The van der Waals surface area contributed by atoms with E-state index in [2.05, 4.69) is 5.32 Å². The van der Waals surface area contributed by atoms with Gasteiger partial charge < -0.3 is 21.9 Å². The summed E-state index contributed by atoms with van der Waals surface area (Å²) in [5.74, 6) is -0.352. The molecular formula is C11H17N3O2. The van der Waals surface area contributed by atoms with E-state index in [-0.39, 0.29) is 23.0 Å². The number of phenolic OH excluding ortho intramolecular Hbond substituents is 1. The van der Waals surface area contributed by atoms with Crippen molar-refractivity contribution in [2.24, 2.45) is 5.41 Å². The van der Waals surface area contributed by atoms with Crippen molar-refractivity contribution in [3.63, 3.8) is 0 Å². The molecule has 0 saturated heterocycles. The molecule has 6 N–H and O–H groups in total. The van der Waals surface area contributed by atoms with Crippen LogP contribution in [-0.2, 0) is 4.79 Å². The number of nitrogens with two attached hydrogens (primary N) is 2. The van der Waals surface area contributed by atoms with Gasteiger partial charge in [0, 0.05) is 17.2 Å². The summed E-state index contributed by atoms with van der Waals surface area (Å²) >= 11 is 0. The maximum atomic E-state index is 11.7. The Morgan fingerprint density at radius 3 is 2.31 bits per heavy atom. The molecule has 0 spiro atoms. The number of aromatic hydroxyl groups is 1. The average molecular weight is 223 g/mol. The summed E-state index contributed by atoms with van der Waals surface area (Å²) in [7, 11) is 0. The van der Waals surface area contributed by atoms with E-state index in [0.29, 0.717) is 5.69 Å². The minimum atomic E-state index is -0.555. The number of carbonyl (C=O) groups excluding carboxylic acids is 1. The third kappa shape index (κ3) is 2.56. The fourth-order valence-corrected chi connectivity index (χ4v) is 1.11. The molecule has 0 aliphatic carbocycles. The summed E-state index contributed by atoms with van der Waals surface area (Å²) in [4.78, 5) is 11.7. The highest BCUT2D eigenvalue weighted by Crippen LogP contribution is 2.33. The summed E-state index contributed by atoms with van der Waals surface area (Å²) in [5.41, 5.74) is 11.4. The molecule has 0 saturated carbocycles. The Kier molecular flexibility index (Phi) is 2.98. The average Bonchev–Trinajstić information content (AvgIpc) is 2.08. The number of nitrogen functional groups attached to an aromatic ring is 2. The van der Waals surface area contributed by atoms with Gasteiger partial charge in [0.15, 0.2) is 0 Å². The van der Waals surface area contributed by atoms with Crippen LogP contribution in [0.5, 0.6) is 5.75 Å². The number of carbonyl (C=O) groups is 1. The lowest BCUT2D eigenvalue weighted by molar-refractivity contribution is -0.123. The standard InChI is InChI=1S/C11H17N3O2/c1-11(2,3)10(16)14-9-7(13)4-6(12)5-8(9)15/h4-5,15H,12-13H2,1-3H3,(H,14,16). The summed E-state index contributed by atoms with van der Waals surface area (Å²) in [5, 5.41) is 12.2. The van der Waals surface area contributed by atoms with Gasteiger partial charge in [-0.05, 0) is 6.07 Å². The molecule has 0 heterocycles. The van der Waals surface area contributed by atoms with Crippen molar-refractivity contribution in [2.45, 2.75) is 20.8 Å². The van der Waals surface area contributed by atoms with Crippen LogP contribution >= 0.6 is 0 Å². The number of nitrogens with one attached hydrogen (secondary N) is 1. The van der Waals surface area contributed by atoms with Crippen molar-refractivity contribution >= 4 is 23.0 Å². The predicted octanol–water partition coefficient (Wildman–Crippen LogP) is 1.54. The van der Waals surface area contributed by atoms with Crippen molar-refractivity contribution in [2.75, 3.05) is 16.8 Å². The Morgan fingerprint density at radius 1 is 1.31 bits per heavy atom. The first-order valence-corrected chi connectivity index (χ1v) is 4.91. The molecule has 0 fully saturated rings. The van der Waals surface area contributed by atoms with E-state index in [0.717, 1.165) is 0 Å². The molecule has 1 aromatic rings. The molecule has 0 bridgehead atoms. The quantitative estimate of drug-likeness (QED) is 0.428. The number of amides is 1. The minimum Gasteiger partial charge on any atom is -0.506 e. The van der Waals surface area contributed by atoms with Gasteiger partial charge in [-0.15, -0.1) is 0 Å². The van der Waals surface area contributed by atoms with Crippen LogP contribution in [0.25, 0.3) is 0 Å². The molecule has 16 heavy (non-hydrogen) atoms. The van der Waals surface area contributed by atoms with E-state index < -0.39 is 5.41 Å². The molecule has 1 aromatic carbocycles. The van der Waals surface area contributed by atoms with Crippen molar-refractivity contribution in [3.8, 4) is 5.75 Å². The van der Waals surface area contributed by atoms with E-state index in [1.807, 2.05) is 0 Å². The lowest BCUT2D eigenvalue weighted by Crippen LogP contribution is -2.28. The lowest BCUT2D eigenvalue weighted by Gasteiger charge is -2.19. The van der Waals surface area contributed by atoms with E-state index in [1.165, 1.54) is 12.1 Å². The van der Waals surface area contributed by atoms with Gasteiger partial charge in [0.05, 0.1) is 5.69 Å². The summed E-state index contributed by atoms with van der Waals surface area (Å²) in [6, 6.07) is 2.83. The summed E-state index contributed by atoms with van der Waals surface area (Å²) in [6.45, 7) is 5.31. The lowest BCUT2D eigenvalue weighted by atomic mass is 9.95. The normalized spacial score (nSPS) is 11.2. The molecule has 5 nitrogen and oxygen atoms in total. The zero-order chi connectivity index (χ0) is 12.5. The summed E-state index contributed by atoms with van der Waals surface area (Å²) < 4.78 is 0. The smallest absolute Gasteiger partial charge is 0.229 e.